The normalized spacial score (nSPS) is 19.0. The summed E-state index contributed by atoms with van der Waals surface area (Å²) in [6.45, 7) is 0.449. The predicted octanol–water partition coefficient (Wildman–Crippen LogP) is -0.224. The number of hydrogen-bond acceptors (Lipinski definition) is 5. The monoisotopic (exact) mass is 356 g/mol. The number of aromatic nitrogens is 2. The molecule has 11 heteroatoms. The quantitative estimate of drug-likeness (QED) is 0.803. The van der Waals surface area contributed by atoms with Crippen LogP contribution in [0.2, 0.25) is 5.15 Å². The molecule has 2 rings (SSSR count). The molecule has 21 heavy (non-hydrogen) atoms. The lowest BCUT2D eigenvalue weighted by Gasteiger charge is -2.30. The van der Waals surface area contributed by atoms with Crippen LogP contribution < -0.4 is 4.72 Å². The van der Waals surface area contributed by atoms with E-state index in [0.717, 1.165) is 6.26 Å². The van der Waals surface area contributed by atoms with Gasteiger partial charge in [-0.2, -0.15) is 4.31 Å². The Hall–Kier alpha value is -0.680. The van der Waals surface area contributed by atoms with Gasteiger partial charge in [0.2, 0.25) is 15.0 Å². The molecule has 1 aliphatic heterocycles. The molecule has 0 aliphatic carbocycles. The molecule has 0 bridgehead atoms. The Morgan fingerprint density at radius 1 is 1.29 bits per heavy atom. The van der Waals surface area contributed by atoms with Gasteiger partial charge in [0.05, 0.1) is 12.6 Å². The smallest absolute Gasteiger partial charge is 0.263 e. The second-order valence-corrected chi connectivity index (χ2v) is 9.01. The maximum atomic E-state index is 12.4. The maximum Gasteiger partial charge on any atom is 0.263 e. The maximum absolute atomic E-state index is 12.4. The average Bonchev–Trinajstić information content (AvgIpc) is 2.69. The fourth-order valence-electron chi connectivity index (χ4n) is 2.21. The highest BCUT2D eigenvalue weighted by Gasteiger charge is 2.33. The molecule has 0 amide bonds. The van der Waals surface area contributed by atoms with Gasteiger partial charge in [0.25, 0.3) is 10.0 Å². The molecular weight excluding hydrogens is 340 g/mol. The Balaban J connectivity index is 2.10. The summed E-state index contributed by atoms with van der Waals surface area (Å²) in [5, 5.41) is -0.104. The van der Waals surface area contributed by atoms with Gasteiger partial charge in [0, 0.05) is 26.2 Å². The van der Waals surface area contributed by atoms with Gasteiger partial charge < -0.3 is 4.57 Å². The number of sulfonamides is 2. The summed E-state index contributed by atoms with van der Waals surface area (Å²) in [6.07, 6.45) is 3.25. The molecule has 1 aromatic rings. The predicted molar refractivity (Wildman–Crippen MR) is 78.0 cm³/mol. The van der Waals surface area contributed by atoms with Gasteiger partial charge in [0.15, 0.2) is 0 Å². The fraction of sp³-hybridized carbons (Fsp3) is 0.700. The molecule has 0 atom stereocenters. The molecule has 1 aromatic heterocycles. The SMILES string of the molecule is Cn1cnc(S(=O)(=O)N2CCC(NS(C)(=O)=O)CC2)c1Cl. The van der Waals surface area contributed by atoms with Crippen molar-refractivity contribution in [2.24, 2.45) is 7.05 Å². The molecule has 1 N–H and O–H groups in total. The molecule has 0 radical (unpaired) electrons. The third-order valence-electron chi connectivity index (χ3n) is 3.25. The van der Waals surface area contributed by atoms with Crippen LogP contribution in [-0.4, -0.2) is 56.1 Å². The highest BCUT2D eigenvalue weighted by molar-refractivity contribution is 7.89. The van der Waals surface area contributed by atoms with Crippen LogP contribution in [0.25, 0.3) is 0 Å². The minimum Gasteiger partial charge on any atom is -0.324 e. The standard InChI is InChI=1S/C10H17ClN4O4S2/c1-14-7-12-10(9(14)11)21(18,19)15-5-3-8(4-6-15)13-20(2,16)17/h7-8,13H,3-6H2,1-2H3. The van der Waals surface area contributed by atoms with Crippen molar-refractivity contribution in [3.05, 3.63) is 11.5 Å². The van der Waals surface area contributed by atoms with Crippen molar-refractivity contribution in [3.63, 3.8) is 0 Å². The fourth-order valence-corrected chi connectivity index (χ4v) is 4.91. The zero-order valence-corrected chi connectivity index (χ0v) is 14.0. The molecule has 0 unspecified atom stereocenters. The van der Waals surface area contributed by atoms with E-state index >= 15 is 0 Å². The van der Waals surface area contributed by atoms with Gasteiger partial charge in [-0.3, -0.25) is 0 Å². The van der Waals surface area contributed by atoms with Crippen LogP contribution in [0.5, 0.6) is 0 Å². The minimum atomic E-state index is -3.75. The van der Waals surface area contributed by atoms with Gasteiger partial charge in [-0.1, -0.05) is 11.6 Å². The average molecular weight is 357 g/mol. The van der Waals surface area contributed by atoms with E-state index in [1.807, 2.05) is 0 Å². The molecule has 1 fully saturated rings. The Bertz CT molecular complexity index is 720. The lowest BCUT2D eigenvalue weighted by Crippen LogP contribution is -2.46. The van der Waals surface area contributed by atoms with Crippen LogP contribution >= 0.6 is 11.6 Å². The highest BCUT2D eigenvalue weighted by Crippen LogP contribution is 2.25. The summed E-state index contributed by atoms with van der Waals surface area (Å²) in [5.74, 6) is 0. The largest absolute Gasteiger partial charge is 0.324 e. The summed E-state index contributed by atoms with van der Waals surface area (Å²) < 4.78 is 52.4. The van der Waals surface area contributed by atoms with Crippen LogP contribution in [0.3, 0.4) is 0 Å². The minimum absolute atomic E-state index is 0.0615. The van der Waals surface area contributed by atoms with Crippen molar-refractivity contribution in [1.29, 1.82) is 0 Å². The van der Waals surface area contributed by atoms with Crippen LogP contribution in [0, 0.1) is 0 Å². The summed E-state index contributed by atoms with van der Waals surface area (Å²) in [5.41, 5.74) is 0. The molecule has 1 aliphatic rings. The van der Waals surface area contributed by atoms with Crippen molar-refractivity contribution in [1.82, 2.24) is 18.6 Å². The number of hydrogen-bond donors (Lipinski definition) is 1. The first-order valence-electron chi connectivity index (χ1n) is 6.25. The second-order valence-electron chi connectivity index (χ2n) is 5.02. The molecule has 2 heterocycles. The number of piperidine rings is 1. The second kappa shape index (κ2) is 5.84. The number of imidazole rings is 1. The van der Waals surface area contributed by atoms with E-state index in [-0.39, 0.29) is 29.3 Å². The molecule has 0 saturated carbocycles. The molecule has 0 aromatic carbocycles. The van der Waals surface area contributed by atoms with Gasteiger partial charge in [-0.15, -0.1) is 0 Å². The third kappa shape index (κ3) is 3.75. The van der Waals surface area contributed by atoms with Crippen LogP contribution in [0.15, 0.2) is 11.4 Å². The zero-order chi connectivity index (χ0) is 15.8. The molecule has 0 spiro atoms. The summed E-state index contributed by atoms with van der Waals surface area (Å²) in [7, 11) is -5.43. The summed E-state index contributed by atoms with van der Waals surface area (Å²) in [4.78, 5) is 3.83. The topological polar surface area (TPSA) is 101 Å². The van der Waals surface area contributed by atoms with Crippen molar-refractivity contribution >= 4 is 31.6 Å². The molecular formula is C10H17ClN4O4S2. The van der Waals surface area contributed by atoms with E-state index in [2.05, 4.69) is 9.71 Å². The number of aryl methyl sites for hydroxylation is 1. The van der Waals surface area contributed by atoms with Gasteiger partial charge in [-0.25, -0.2) is 26.5 Å². The first-order chi connectivity index (χ1) is 9.61. The first-order valence-corrected chi connectivity index (χ1v) is 9.96. The lowest BCUT2D eigenvalue weighted by molar-refractivity contribution is 0.308. The zero-order valence-electron chi connectivity index (χ0n) is 11.7. The Labute approximate surface area is 129 Å². The molecule has 8 nitrogen and oxygen atoms in total. The Morgan fingerprint density at radius 3 is 2.29 bits per heavy atom. The van der Waals surface area contributed by atoms with Gasteiger partial charge in [-0.05, 0) is 12.8 Å². The lowest BCUT2D eigenvalue weighted by atomic mass is 10.1. The summed E-state index contributed by atoms with van der Waals surface area (Å²) in [6, 6.07) is -0.245. The first kappa shape index (κ1) is 16.7. The van der Waals surface area contributed by atoms with E-state index in [1.165, 1.54) is 15.2 Å². The number of rotatable bonds is 4. The van der Waals surface area contributed by atoms with Crippen LogP contribution in [0.1, 0.15) is 12.8 Å². The molecule has 120 valence electrons. The van der Waals surface area contributed by atoms with E-state index in [1.54, 1.807) is 7.05 Å². The van der Waals surface area contributed by atoms with Crippen LogP contribution in [-0.2, 0) is 27.1 Å². The number of halogens is 1. The van der Waals surface area contributed by atoms with Crippen molar-refractivity contribution in [3.8, 4) is 0 Å². The van der Waals surface area contributed by atoms with E-state index in [4.69, 9.17) is 11.6 Å². The van der Waals surface area contributed by atoms with Crippen molar-refractivity contribution < 1.29 is 16.8 Å². The van der Waals surface area contributed by atoms with E-state index in [0.29, 0.717) is 12.8 Å². The summed E-state index contributed by atoms with van der Waals surface area (Å²) >= 11 is 5.93. The number of nitrogens with zero attached hydrogens (tertiary/aromatic N) is 3. The van der Waals surface area contributed by atoms with Gasteiger partial charge in [0.1, 0.15) is 5.15 Å². The Kier molecular flexibility index (Phi) is 4.64. The molecule has 1 saturated heterocycles. The van der Waals surface area contributed by atoms with Crippen molar-refractivity contribution in [2.75, 3.05) is 19.3 Å². The Morgan fingerprint density at radius 2 is 1.86 bits per heavy atom. The van der Waals surface area contributed by atoms with E-state index in [9.17, 15) is 16.8 Å². The van der Waals surface area contributed by atoms with E-state index < -0.39 is 20.0 Å². The third-order valence-corrected chi connectivity index (χ3v) is 6.40. The van der Waals surface area contributed by atoms with Gasteiger partial charge >= 0.3 is 0 Å². The highest BCUT2D eigenvalue weighted by atomic mass is 35.5. The van der Waals surface area contributed by atoms with Crippen LogP contribution in [0.4, 0.5) is 0 Å². The van der Waals surface area contributed by atoms with Crippen molar-refractivity contribution in [2.45, 2.75) is 23.9 Å². The number of nitrogens with one attached hydrogen (secondary N) is 1.